The number of hydrogen-bond acceptors (Lipinski definition) is 3. The van der Waals surface area contributed by atoms with E-state index in [2.05, 4.69) is 30.1 Å². The topological polar surface area (TPSA) is 41.3 Å². The zero-order valence-electron chi connectivity index (χ0n) is 10.1. The minimum atomic E-state index is 0.0394. The van der Waals surface area contributed by atoms with E-state index in [9.17, 15) is 0 Å². The fourth-order valence-corrected chi connectivity index (χ4v) is 2.31. The number of likely N-dealkylation sites (tertiary alicyclic amines) is 1. The van der Waals surface area contributed by atoms with Gasteiger partial charge in [0.25, 0.3) is 0 Å². The van der Waals surface area contributed by atoms with Crippen LogP contribution in [0.25, 0.3) is 0 Å². The summed E-state index contributed by atoms with van der Waals surface area (Å²) in [5, 5.41) is 3.49. The number of piperidine rings is 1. The van der Waals surface area contributed by atoms with Crippen molar-refractivity contribution >= 4 is 0 Å². The second-order valence-corrected chi connectivity index (χ2v) is 4.80. The van der Waals surface area contributed by atoms with Gasteiger partial charge < -0.3 is 10.6 Å². The van der Waals surface area contributed by atoms with Crippen molar-refractivity contribution in [1.29, 1.82) is 0 Å². The molecule has 0 bridgehead atoms. The Morgan fingerprint density at radius 2 is 2.40 bits per heavy atom. The van der Waals surface area contributed by atoms with Crippen molar-refractivity contribution in [1.82, 2.24) is 10.2 Å². The van der Waals surface area contributed by atoms with Crippen LogP contribution in [-0.4, -0.2) is 42.7 Å². The van der Waals surface area contributed by atoms with E-state index in [1.807, 2.05) is 6.92 Å². The molecule has 0 saturated carbocycles. The van der Waals surface area contributed by atoms with E-state index in [1.54, 1.807) is 0 Å². The molecule has 3 atom stereocenters. The summed E-state index contributed by atoms with van der Waals surface area (Å²) >= 11 is 0. The van der Waals surface area contributed by atoms with Gasteiger partial charge in [0.05, 0.1) is 6.04 Å². The monoisotopic (exact) mass is 209 g/mol. The summed E-state index contributed by atoms with van der Waals surface area (Å²) in [5.41, 5.74) is 5.94. The third kappa shape index (κ3) is 2.94. The normalized spacial score (nSPS) is 34.7. The van der Waals surface area contributed by atoms with Gasteiger partial charge in [0.2, 0.25) is 0 Å². The van der Waals surface area contributed by atoms with Crippen molar-refractivity contribution in [2.45, 2.75) is 44.3 Å². The molecule has 86 valence electrons. The van der Waals surface area contributed by atoms with E-state index in [0.717, 1.165) is 19.4 Å². The maximum Gasteiger partial charge on any atom is 0.0663 e. The van der Waals surface area contributed by atoms with Gasteiger partial charge in [0.1, 0.15) is 0 Å². The minimum absolute atomic E-state index is 0.0394. The van der Waals surface area contributed by atoms with Crippen LogP contribution in [0.1, 0.15) is 26.7 Å². The Bertz CT molecular complexity index is 246. The van der Waals surface area contributed by atoms with Crippen molar-refractivity contribution in [3.05, 3.63) is 0 Å². The number of rotatable bonds is 3. The Morgan fingerprint density at radius 3 is 2.87 bits per heavy atom. The van der Waals surface area contributed by atoms with Gasteiger partial charge in [-0.1, -0.05) is 5.92 Å². The number of nitrogens with zero attached hydrogens (tertiary/aromatic N) is 1. The molecule has 3 heteroatoms. The molecule has 0 aliphatic carbocycles. The van der Waals surface area contributed by atoms with Gasteiger partial charge in [0.15, 0.2) is 0 Å². The lowest BCUT2D eigenvalue weighted by molar-refractivity contribution is 0.108. The number of nitrogens with two attached hydrogens (primary N) is 1. The lowest BCUT2D eigenvalue weighted by Crippen LogP contribution is -2.61. The van der Waals surface area contributed by atoms with Gasteiger partial charge >= 0.3 is 0 Å². The molecule has 0 amide bonds. The van der Waals surface area contributed by atoms with Crippen LogP contribution >= 0.6 is 0 Å². The molecular formula is C12H23N3. The summed E-state index contributed by atoms with van der Waals surface area (Å²) in [6, 6.07) is 0.670. The van der Waals surface area contributed by atoms with Crippen molar-refractivity contribution in [3.63, 3.8) is 0 Å². The first kappa shape index (κ1) is 12.5. The van der Waals surface area contributed by atoms with Crippen molar-refractivity contribution in [2.75, 3.05) is 20.1 Å². The molecule has 1 fully saturated rings. The standard InChI is InChI=1S/C12H23N3/c1-5-10(2)14-12(9-13)6-7-15(4)11(3)8-12/h1,10-11,14H,6-9,13H2,2-4H3. The lowest BCUT2D eigenvalue weighted by atomic mass is 9.83. The minimum Gasteiger partial charge on any atom is -0.329 e. The average molecular weight is 209 g/mol. The van der Waals surface area contributed by atoms with Crippen LogP contribution in [0.15, 0.2) is 0 Å². The summed E-state index contributed by atoms with van der Waals surface area (Å²) < 4.78 is 0. The highest BCUT2D eigenvalue weighted by Crippen LogP contribution is 2.25. The van der Waals surface area contributed by atoms with E-state index in [-0.39, 0.29) is 11.6 Å². The molecule has 3 nitrogen and oxygen atoms in total. The summed E-state index contributed by atoms with van der Waals surface area (Å²) in [4.78, 5) is 2.37. The zero-order valence-corrected chi connectivity index (χ0v) is 10.1. The molecule has 1 rings (SSSR count). The van der Waals surface area contributed by atoms with E-state index in [4.69, 9.17) is 12.2 Å². The Kier molecular flexibility index (Phi) is 4.15. The van der Waals surface area contributed by atoms with Crippen molar-refractivity contribution in [2.24, 2.45) is 5.73 Å². The summed E-state index contributed by atoms with van der Waals surface area (Å²) in [7, 11) is 2.16. The molecule has 0 spiro atoms. The second kappa shape index (κ2) is 4.98. The largest absolute Gasteiger partial charge is 0.329 e. The quantitative estimate of drug-likeness (QED) is 0.662. The fourth-order valence-electron chi connectivity index (χ4n) is 2.31. The van der Waals surface area contributed by atoms with Gasteiger partial charge in [-0.3, -0.25) is 5.32 Å². The Hall–Kier alpha value is -0.560. The molecule has 0 aromatic rings. The van der Waals surface area contributed by atoms with Gasteiger partial charge in [-0.05, 0) is 40.3 Å². The molecule has 0 radical (unpaired) electrons. The Morgan fingerprint density at radius 1 is 1.73 bits per heavy atom. The number of terminal acetylenes is 1. The molecule has 1 aliphatic heterocycles. The van der Waals surface area contributed by atoms with Crippen LogP contribution in [0.4, 0.5) is 0 Å². The third-order valence-corrected chi connectivity index (χ3v) is 3.55. The molecule has 1 saturated heterocycles. The smallest absolute Gasteiger partial charge is 0.0663 e. The Labute approximate surface area is 93.4 Å². The van der Waals surface area contributed by atoms with Gasteiger partial charge in [0, 0.05) is 18.1 Å². The first-order valence-corrected chi connectivity index (χ1v) is 5.67. The first-order valence-electron chi connectivity index (χ1n) is 5.67. The second-order valence-electron chi connectivity index (χ2n) is 4.80. The van der Waals surface area contributed by atoms with Gasteiger partial charge in [-0.2, -0.15) is 0 Å². The van der Waals surface area contributed by atoms with Gasteiger partial charge in [-0.25, -0.2) is 0 Å². The summed E-state index contributed by atoms with van der Waals surface area (Å²) in [5.74, 6) is 2.72. The zero-order chi connectivity index (χ0) is 11.5. The van der Waals surface area contributed by atoms with E-state index < -0.39 is 0 Å². The highest BCUT2D eigenvalue weighted by atomic mass is 15.2. The predicted molar refractivity (Wildman–Crippen MR) is 64.5 cm³/mol. The molecule has 0 aromatic carbocycles. The average Bonchev–Trinajstić information content (AvgIpc) is 2.23. The maximum atomic E-state index is 5.90. The van der Waals surface area contributed by atoms with Crippen LogP contribution in [-0.2, 0) is 0 Å². The molecule has 3 unspecified atom stereocenters. The fraction of sp³-hybridized carbons (Fsp3) is 0.833. The molecule has 0 aromatic heterocycles. The molecule has 3 N–H and O–H groups in total. The van der Waals surface area contributed by atoms with Crippen LogP contribution in [0, 0.1) is 12.3 Å². The molecule has 1 aliphatic rings. The summed E-state index contributed by atoms with van der Waals surface area (Å²) in [6.45, 7) is 6.01. The van der Waals surface area contributed by atoms with E-state index >= 15 is 0 Å². The molecular weight excluding hydrogens is 186 g/mol. The highest BCUT2D eigenvalue weighted by Gasteiger charge is 2.36. The SMILES string of the molecule is C#CC(C)NC1(CN)CCN(C)C(C)C1. The highest BCUT2D eigenvalue weighted by molar-refractivity contribution is 5.04. The van der Waals surface area contributed by atoms with Crippen molar-refractivity contribution < 1.29 is 0 Å². The third-order valence-electron chi connectivity index (χ3n) is 3.55. The predicted octanol–water partition coefficient (Wildman–Crippen LogP) is 0.409. The molecule has 15 heavy (non-hydrogen) atoms. The number of nitrogens with one attached hydrogen (secondary N) is 1. The first-order chi connectivity index (χ1) is 7.03. The van der Waals surface area contributed by atoms with E-state index in [1.165, 1.54) is 0 Å². The van der Waals surface area contributed by atoms with Gasteiger partial charge in [-0.15, -0.1) is 6.42 Å². The van der Waals surface area contributed by atoms with E-state index in [0.29, 0.717) is 12.6 Å². The van der Waals surface area contributed by atoms with Crippen LogP contribution in [0.2, 0.25) is 0 Å². The Balaban J connectivity index is 2.66. The lowest BCUT2D eigenvalue weighted by Gasteiger charge is -2.45. The van der Waals surface area contributed by atoms with Crippen molar-refractivity contribution in [3.8, 4) is 12.3 Å². The number of hydrogen-bond donors (Lipinski definition) is 2. The van der Waals surface area contributed by atoms with Crippen LogP contribution < -0.4 is 11.1 Å². The maximum absolute atomic E-state index is 5.90. The molecule has 1 heterocycles. The van der Waals surface area contributed by atoms with Crippen LogP contribution in [0.5, 0.6) is 0 Å². The van der Waals surface area contributed by atoms with Crippen LogP contribution in [0.3, 0.4) is 0 Å². The summed E-state index contributed by atoms with van der Waals surface area (Å²) in [6.07, 6.45) is 7.56.